The Morgan fingerprint density at radius 2 is 1.42 bits per heavy atom. The van der Waals surface area contributed by atoms with Crippen LogP contribution in [0.5, 0.6) is 0 Å². The molecular formula is C25H24F6N4O. The zero-order valence-corrected chi connectivity index (χ0v) is 19.2. The molecule has 0 aromatic heterocycles. The molecule has 0 bridgehead atoms. The van der Waals surface area contributed by atoms with E-state index in [1.165, 1.54) is 0 Å². The summed E-state index contributed by atoms with van der Waals surface area (Å²) in [5, 5.41) is 1.74. The molecule has 0 radical (unpaired) electrons. The van der Waals surface area contributed by atoms with E-state index >= 15 is 0 Å². The first-order valence-electron chi connectivity index (χ1n) is 11.2. The number of carbonyl (C=O) groups is 1. The third kappa shape index (κ3) is 5.73. The van der Waals surface area contributed by atoms with Crippen LogP contribution in [-0.4, -0.2) is 48.9 Å². The second-order valence-corrected chi connectivity index (χ2v) is 8.72. The van der Waals surface area contributed by atoms with Crippen molar-refractivity contribution in [2.75, 3.05) is 38.7 Å². The predicted octanol–water partition coefficient (Wildman–Crippen LogP) is 5.31. The van der Waals surface area contributed by atoms with E-state index in [2.05, 4.69) is 15.8 Å². The number of halogens is 6. The summed E-state index contributed by atoms with van der Waals surface area (Å²) in [7, 11) is 1.96. The van der Waals surface area contributed by atoms with Gasteiger partial charge in [0.25, 0.3) is 5.91 Å². The highest BCUT2D eigenvalue weighted by Crippen LogP contribution is 2.37. The van der Waals surface area contributed by atoms with Gasteiger partial charge in [0.1, 0.15) is 6.04 Å². The molecule has 1 amide bonds. The fourth-order valence-corrected chi connectivity index (χ4v) is 4.30. The van der Waals surface area contributed by atoms with Crippen LogP contribution >= 0.6 is 0 Å². The van der Waals surface area contributed by atoms with Crippen LogP contribution in [0, 0.1) is 0 Å². The molecule has 11 heteroatoms. The third-order valence-electron chi connectivity index (χ3n) is 6.19. The van der Waals surface area contributed by atoms with Gasteiger partial charge >= 0.3 is 12.4 Å². The molecule has 1 atom stereocenters. The molecule has 0 spiro atoms. The van der Waals surface area contributed by atoms with Crippen molar-refractivity contribution in [2.24, 2.45) is 0 Å². The van der Waals surface area contributed by atoms with Crippen molar-refractivity contribution in [3.63, 3.8) is 0 Å². The van der Waals surface area contributed by atoms with Gasteiger partial charge in [-0.2, -0.15) is 26.3 Å². The van der Waals surface area contributed by atoms with Crippen molar-refractivity contribution in [3.8, 4) is 0 Å². The number of fused-ring (bicyclic) bond motifs is 1. The molecule has 1 aliphatic heterocycles. The average Bonchev–Trinajstić information content (AvgIpc) is 2.83. The second-order valence-electron chi connectivity index (χ2n) is 8.72. The van der Waals surface area contributed by atoms with Gasteiger partial charge in [0.05, 0.1) is 16.8 Å². The molecule has 36 heavy (non-hydrogen) atoms. The summed E-state index contributed by atoms with van der Waals surface area (Å²) in [5.74, 6) is -0.595. The lowest BCUT2D eigenvalue weighted by Gasteiger charge is -2.37. The summed E-state index contributed by atoms with van der Waals surface area (Å²) in [6, 6.07) is 13.3. The molecular weight excluding hydrogens is 486 g/mol. The Morgan fingerprint density at radius 1 is 0.833 bits per heavy atom. The molecule has 1 aliphatic rings. The zero-order chi connectivity index (χ0) is 26.1. The Balaban J connectivity index is 1.65. The molecule has 2 N–H and O–H groups in total. The van der Waals surface area contributed by atoms with E-state index in [1.807, 2.05) is 48.3 Å². The SMILES string of the molecule is CN1CCN(C(C(=O)NNc2cc(C(F)(F)F)cc(C(F)(F)F)c2)c2cccc3ccccc23)CC1. The van der Waals surface area contributed by atoms with Crippen molar-refractivity contribution in [1.82, 2.24) is 15.2 Å². The highest BCUT2D eigenvalue weighted by Gasteiger charge is 2.37. The smallest absolute Gasteiger partial charge is 0.304 e. The highest BCUT2D eigenvalue weighted by molar-refractivity contribution is 5.93. The van der Waals surface area contributed by atoms with Crippen LogP contribution < -0.4 is 10.9 Å². The number of likely N-dealkylation sites (N-methyl/N-ethyl adjacent to an activating group) is 1. The first kappa shape index (κ1) is 25.8. The number of hydrogen-bond acceptors (Lipinski definition) is 4. The van der Waals surface area contributed by atoms with E-state index in [0.717, 1.165) is 10.8 Å². The molecule has 3 aromatic rings. The van der Waals surface area contributed by atoms with E-state index in [-0.39, 0.29) is 6.07 Å². The Morgan fingerprint density at radius 3 is 2.03 bits per heavy atom. The standard InChI is InChI=1S/C25H24F6N4O/c1-34-9-11-35(12-10-34)22(21-8-4-6-16-5-2-3-7-20(16)21)23(36)33-32-19-14-17(24(26,27)28)13-18(15-19)25(29,30)31/h2-8,13-15,22,32H,9-12H2,1H3,(H,33,36). The summed E-state index contributed by atoms with van der Waals surface area (Å²) in [6.07, 6.45) is -9.99. The molecule has 192 valence electrons. The van der Waals surface area contributed by atoms with E-state index < -0.39 is 41.1 Å². The van der Waals surface area contributed by atoms with Crippen LogP contribution in [0.1, 0.15) is 22.7 Å². The Kier molecular flexibility index (Phi) is 7.14. The van der Waals surface area contributed by atoms with E-state index in [4.69, 9.17) is 0 Å². The Labute approximate surface area is 203 Å². The molecule has 0 aliphatic carbocycles. The van der Waals surface area contributed by atoms with Gasteiger partial charge < -0.3 is 4.90 Å². The van der Waals surface area contributed by atoms with Crippen LogP contribution in [-0.2, 0) is 17.1 Å². The lowest BCUT2D eigenvalue weighted by molar-refractivity contribution is -0.143. The van der Waals surface area contributed by atoms with Crippen molar-refractivity contribution >= 4 is 22.4 Å². The van der Waals surface area contributed by atoms with E-state index in [1.54, 1.807) is 6.07 Å². The molecule has 1 unspecified atom stereocenters. The largest absolute Gasteiger partial charge is 0.416 e. The van der Waals surface area contributed by atoms with Gasteiger partial charge in [-0.05, 0) is 41.6 Å². The minimum atomic E-state index is -4.99. The van der Waals surface area contributed by atoms with Gasteiger partial charge in [0.2, 0.25) is 0 Å². The maximum Gasteiger partial charge on any atom is 0.416 e. The molecule has 1 heterocycles. The van der Waals surface area contributed by atoms with Gasteiger partial charge in [-0.1, -0.05) is 42.5 Å². The van der Waals surface area contributed by atoms with E-state index in [0.29, 0.717) is 43.9 Å². The number of hydrogen-bond donors (Lipinski definition) is 2. The lowest BCUT2D eigenvalue weighted by Crippen LogP contribution is -2.50. The Hall–Kier alpha value is -3.31. The van der Waals surface area contributed by atoms with Crippen LogP contribution in [0.15, 0.2) is 60.7 Å². The summed E-state index contributed by atoms with van der Waals surface area (Å²) in [4.78, 5) is 17.5. The zero-order valence-electron chi connectivity index (χ0n) is 19.2. The number of benzene rings is 3. The first-order chi connectivity index (χ1) is 16.9. The number of rotatable bonds is 5. The fourth-order valence-electron chi connectivity index (χ4n) is 4.30. The van der Waals surface area contributed by atoms with E-state index in [9.17, 15) is 31.1 Å². The number of anilines is 1. The quantitative estimate of drug-likeness (QED) is 0.361. The molecule has 1 fully saturated rings. The number of amides is 1. The summed E-state index contributed by atoms with van der Waals surface area (Å²) in [5.41, 5.74) is 1.85. The van der Waals surface area contributed by atoms with Crippen molar-refractivity contribution < 1.29 is 31.1 Å². The number of nitrogens with one attached hydrogen (secondary N) is 2. The minimum absolute atomic E-state index is 0.0378. The average molecular weight is 510 g/mol. The maximum absolute atomic E-state index is 13.4. The first-order valence-corrected chi connectivity index (χ1v) is 11.2. The summed E-state index contributed by atoms with van der Waals surface area (Å²) < 4.78 is 79.3. The highest BCUT2D eigenvalue weighted by atomic mass is 19.4. The van der Waals surface area contributed by atoms with Crippen LogP contribution in [0.25, 0.3) is 10.8 Å². The topological polar surface area (TPSA) is 47.6 Å². The van der Waals surface area contributed by atoms with Crippen LogP contribution in [0.3, 0.4) is 0 Å². The third-order valence-corrected chi connectivity index (χ3v) is 6.19. The van der Waals surface area contributed by atoms with Crippen LogP contribution in [0.4, 0.5) is 32.0 Å². The van der Waals surface area contributed by atoms with Gasteiger partial charge in [-0.25, -0.2) is 0 Å². The number of hydrazine groups is 1. The number of piperazine rings is 1. The molecule has 3 aromatic carbocycles. The van der Waals surface area contributed by atoms with Gasteiger partial charge in [-0.15, -0.1) is 0 Å². The number of nitrogens with zero attached hydrogens (tertiary/aromatic N) is 2. The lowest BCUT2D eigenvalue weighted by atomic mass is 9.96. The molecule has 0 saturated carbocycles. The maximum atomic E-state index is 13.4. The van der Waals surface area contributed by atoms with Gasteiger partial charge in [-0.3, -0.25) is 20.5 Å². The normalized spacial score (nSPS) is 16.6. The second kappa shape index (κ2) is 9.98. The Bertz CT molecular complexity index is 1200. The van der Waals surface area contributed by atoms with Crippen molar-refractivity contribution in [2.45, 2.75) is 18.4 Å². The summed E-state index contributed by atoms with van der Waals surface area (Å²) in [6.45, 7) is 2.51. The van der Waals surface area contributed by atoms with Crippen molar-refractivity contribution in [3.05, 3.63) is 77.4 Å². The number of carbonyl (C=O) groups excluding carboxylic acids is 1. The molecule has 1 saturated heterocycles. The van der Waals surface area contributed by atoms with Crippen molar-refractivity contribution in [1.29, 1.82) is 0 Å². The van der Waals surface area contributed by atoms with Crippen LogP contribution in [0.2, 0.25) is 0 Å². The molecule has 4 rings (SSSR count). The summed E-state index contributed by atoms with van der Waals surface area (Å²) >= 11 is 0. The molecule has 5 nitrogen and oxygen atoms in total. The minimum Gasteiger partial charge on any atom is -0.304 e. The predicted molar refractivity (Wildman–Crippen MR) is 124 cm³/mol. The fraction of sp³-hybridized carbons (Fsp3) is 0.320. The van der Waals surface area contributed by atoms with Gasteiger partial charge in [0.15, 0.2) is 0 Å². The monoisotopic (exact) mass is 510 g/mol. The van der Waals surface area contributed by atoms with Gasteiger partial charge in [0, 0.05) is 26.2 Å². The number of alkyl halides is 6.